The van der Waals surface area contributed by atoms with Gasteiger partial charge in [-0.25, -0.2) is 5.43 Å². The highest BCUT2D eigenvalue weighted by Gasteiger charge is 2.19. The van der Waals surface area contributed by atoms with Crippen molar-refractivity contribution in [3.05, 3.63) is 53.1 Å². The monoisotopic (exact) mass is 385 g/mol. The van der Waals surface area contributed by atoms with Crippen molar-refractivity contribution in [1.82, 2.24) is 5.43 Å². The van der Waals surface area contributed by atoms with Crippen molar-refractivity contribution in [3.63, 3.8) is 0 Å². The summed E-state index contributed by atoms with van der Waals surface area (Å²) in [5.74, 6) is 1.01. The van der Waals surface area contributed by atoms with Gasteiger partial charge in [0.15, 0.2) is 6.10 Å². The van der Waals surface area contributed by atoms with Crippen molar-refractivity contribution >= 4 is 17.8 Å². The second-order valence-electron chi connectivity index (χ2n) is 6.39. The number of anilines is 1. The van der Waals surface area contributed by atoms with Crippen LogP contribution in [0.5, 0.6) is 11.5 Å². The fraction of sp³-hybridized carbons (Fsp3) is 0.333. The molecule has 0 fully saturated rings. The third kappa shape index (κ3) is 5.01. The lowest BCUT2D eigenvalue weighted by molar-refractivity contribution is -0.131. The molecule has 7 heteroatoms. The molecular weight excluding hydrogens is 358 g/mol. The Morgan fingerprint density at radius 2 is 1.64 bits per heavy atom. The number of benzene rings is 2. The molecule has 1 atom stereocenters. The first-order chi connectivity index (χ1) is 13.4. The Kier molecular flexibility index (Phi) is 7.40. The van der Waals surface area contributed by atoms with Crippen LogP contribution >= 0.6 is 0 Å². The Hall–Kier alpha value is -3.06. The van der Waals surface area contributed by atoms with Gasteiger partial charge >= 0.3 is 0 Å². The second kappa shape index (κ2) is 9.75. The molecule has 0 aromatic heterocycles. The van der Waals surface area contributed by atoms with Gasteiger partial charge in [0.05, 0.1) is 20.4 Å². The summed E-state index contributed by atoms with van der Waals surface area (Å²) < 4.78 is 16.0. The molecule has 0 heterocycles. The van der Waals surface area contributed by atoms with Crippen LogP contribution < -0.4 is 19.8 Å². The smallest absolute Gasteiger partial charge is 0.273 e. The van der Waals surface area contributed by atoms with Gasteiger partial charge in [0.25, 0.3) is 5.91 Å². The number of hydrogen-bond donors (Lipinski definition) is 1. The third-order valence-corrected chi connectivity index (χ3v) is 4.35. The Morgan fingerprint density at radius 1 is 1.07 bits per heavy atom. The van der Waals surface area contributed by atoms with Crippen LogP contribution in [0.3, 0.4) is 0 Å². The third-order valence-electron chi connectivity index (χ3n) is 4.35. The van der Waals surface area contributed by atoms with Crippen LogP contribution in [0.25, 0.3) is 0 Å². The molecule has 1 unspecified atom stereocenters. The summed E-state index contributed by atoms with van der Waals surface area (Å²) in [5, 5.41) is 4.04. The van der Waals surface area contributed by atoms with Gasteiger partial charge in [-0.15, -0.1) is 0 Å². The maximum absolute atomic E-state index is 12.5. The molecule has 0 spiro atoms. The zero-order valence-corrected chi connectivity index (χ0v) is 17.1. The average Bonchev–Trinajstić information content (AvgIpc) is 2.69. The van der Waals surface area contributed by atoms with Crippen molar-refractivity contribution in [2.24, 2.45) is 5.10 Å². The number of ether oxygens (including phenoxy) is 3. The highest BCUT2D eigenvalue weighted by molar-refractivity contribution is 5.86. The number of nitrogens with one attached hydrogen (secondary N) is 1. The van der Waals surface area contributed by atoms with Crippen LogP contribution in [0.4, 0.5) is 5.69 Å². The molecule has 0 bridgehead atoms. The standard InChI is InChI=1S/C21H27N3O4/c1-14-18(26-4)11-15(12-19(14)27-5)13-22-23-21(25)20(28-6)16-7-9-17(10-8-16)24(2)3/h7-13,20H,1-6H3,(H,23,25)/b22-13+. The highest BCUT2D eigenvalue weighted by Crippen LogP contribution is 2.28. The predicted molar refractivity (Wildman–Crippen MR) is 111 cm³/mol. The molecule has 0 aliphatic carbocycles. The molecule has 7 nitrogen and oxygen atoms in total. The number of hydrogen-bond acceptors (Lipinski definition) is 6. The largest absolute Gasteiger partial charge is 0.496 e. The molecule has 1 N–H and O–H groups in total. The minimum Gasteiger partial charge on any atom is -0.496 e. The van der Waals surface area contributed by atoms with Crippen molar-refractivity contribution < 1.29 is 19.0 Å². The van der Waals surface area contributed by atoms with Gasteiger partial charge in [0, 0.05) is 38.0 Å². The van der Waals surface area contributed by atoms with Gasteiger partial charge in [0.1, 0.15) is 11.5 Å². The Labute approximate surface area is 165 Å². The molecule has 0 saturated carbocycles. The van der Waals surface area contributed by atoms with Gasteiger partial charge in [-0.2, -0.15) is 5.10 Å². The van der Waals surface area contributed by atoms with E-state index >= 15 is 0 Å². The van der Waals surface area contributed by atoms with E-state index in [1.807, 2.05) is 62.3 Å². The topological polar surface area (TPSA) is 72.4 Å². The van der Waals surface area contributed by atoms with Crippen molar-refractivity contribution in [3.8, 4) is 11.5 Å². The first-order valence-electron chi connectivity index (χ1n) is 8.76. The van der Waals surface area contributed by atoms with Crippen LogP contribution in [0, 0.1) is 6.92 Å². The lowest BCUT2D eigenvalue weighted by Crippen LogP contribution is -2.26. The maximum atomic E-state index is 12.5. The van der Waals surface area contributed by atoms with Gasteiger partial charge in [-0.1, -0.05) is 12.1 Å². The van der Waals surface area contributed by atoms with Crippen LogP contribution in [-0.2, 0) is 9.53 Å². The lowest BCUT2D eigenvalue weighted by atomic mass is 10.1. The zero-order chi connectivity index (χ0) is 20.7. The molecule has 0 radical (unpaired) electrons. The number of methoxy groups -OCH3 is 3. The molecule has 0 saturated heterocycles. The summed E-state index contributed by atoms with van der Waals surface area (Å²) in [6.45, 7) is 1.91. The Balaban J connectivity index is 2.11. The van der Waals surface area contributed by atoms with Crippen LogP contribution in [-0.4, -0.2) is 47.5 Å². The number of hydrazone groups is 1. The average molecular weight is 385 g/mol. The molecular formula is C21H27N3O4. The van der Waals surface area contributed by atoms with E-state index < -0.39 is 6.10 Å². The van der Waals surface area contributed by atoms with Gasteiger partial charge in [-0.05, 0) is 36.8 Å². The van der Waals surface area contributed by atoms with Gasteiger partial charge < -0.3 is 19.1 Å². The molecule has 2 rings (SSSR count). The van der Waals surface area contributed by atoms with E-state index in [-0.39, 0.29) is 5.91 Å². The fourth-order valence-corrected chi connectivity index (χ4v) is 2.75. The van der Waals surface area contributed by atoms with Gasteiger partial charge in [-0.3, -0.25) is 4.79 Å². The first-order valence-corrected chi connectivity index (χ1v) is 8.76. The van der Waals surface area contributed by atoms with E-state index in [1.54, 1.807) is 14.2 Å². The number of carbonyl (C=O) groups excluding carboxylic acids is 1. The molecule has 1 amide bonds. The van der Waals surface area contributed by atoms with Crippen LogP contribution in [0.1, 0.15) is 22.8 Å². The first kappa shape index (κ1) is 21.2. The van der Waals surface area contributed by atoms with Crippen LogP contribution in [0.2, 0.25) is 0 Å². The summed E-state index contributed by atoms with van der Waals surface area (Å²) >= 11 is 0. The quantitative estimate of drug-likeness (QED) is 0.559. The van der Waals surface area contributed by atoms with E-state index in [4.69, 9.17) is 14.2 Å². The van der Waals surface area contributed by atoms with E-state index in [1.165, 1.54) is 13.3 Å². The van der Waals surface area contributed by atoms with Crippen molar-refractivity contribution in [1.29, 1.82) is 0 Å². The normalized spacial score (nSPS) is 11.9. The maximum Gasteiger partial charge on any atom is 0.273 e. The Morgan fingerprint density at radius 3 is 2.11 bits per heavy atom. The van der Waals surface area contributed by atoms with Gasteiger partial charge in [0.2, 0.25) is 0 Å². The predicted octanol–water partition coefficient (Wildman–Crippen LogP) is 2.92. The van der Waals surface area contributed by atoms with Crippen molar-refractivity contribution in [2.75, 3.05) is 40.3 Å². The van der Waals surface area contributed by atoms with E-state index in [9.17, 15) is 4.79 Å². The van der Waals surface area contributed by atoms with Crippen molar-refractivity contribution in [2.45, 2.75) is 13.0 Å². The highest BCUT2D eigenvalue weighted by atomic mass is 16.5. The molecule has 28 heavy (non-hydrogen) atoms. The second-order valence-corrected chi connectivity index (χ2v) is 6.39. The number of carbonyl (C=O) groups is 1. The molecule has 2 aromatic rings. The van der Waals surface area contributed by atoms with E-state index in [2.05, 4.69) is 10.5 Å². The zero-order valence-electron chi connectivity index (χ0n) is 17.1. The molecule has 2 aromatic carbocycles. The molecule has 0 aliphatic rings. The minimum atomic E-state index is -0.754. The summed E-state index contributed by atoms with van der Waals surface area (Å²) in [4.78, 5) is 14.5. The minimum absolute atomic E-state index is 0.359. The van der Waals surface area contributed by atoms with E-state index in [0.29, 0.717) is 11.5 Å². The number of rotatable bonds is 8. The Bertz CT molecular complexity index is 807. The fourth-order valence-electron chi connectivity index (χ4n) is 2.75. The molecule has 150 valence electrons. The SMILES string of the molecule is COc1cc(/C=N/NC(=O)C(OC)c2ccc(N(C)C)cc2)cc(OC)c1C. The lowest BCUT2D eigenvalue weighted by Gasteiger charge is -2.16. The summed E-state index contributed by atoms with van der Waals surface area (Å²) in [6.07, 6.45) is 0.778. The number of nitrogens with zero attached hydrogens (tertiary/aromatic N) is 2. The molecule has 0 aliphatic heterocycles. The summed E-state index contributed by atoms with van der Waals surface area (Å²) in [6, 6.07) is 11.2. The summed E-state index contributed by atoms with van der Waals surface area (Å²) in [5.41, 5.74) is 5.95. The number of amides is 1. The summed E-state index contributed by atoms with van der Waals surface area (Å²) in [7, 11) is 8.59. The van der Waals surface area contributed by atoms with E-state index in [0.717, 1.165) is 22.4 Å². The van der Waals surface area contributed by atoms with Crippen LogP contribution in [0.15, 0.2) is 41.5 Å².